The minimum Gasteiger partial charge on any atom is -0.380 e. The number of hydrogen-bond acceptors (Lipinski definition) is 4. The molecule has 1 fully saturated rings. The van der Waals surface area contributed by atoms with E-state index in [4.69, 9.17) is 4.74 Å². The molecule has 1 atom stereocenters. The van der Waals surface area contributed by atoms with Gasteiger partial charge in [-0.05, 0) is 12.5 Å². The van der Waals surface area contributed by atoms with Crippen molar-refractivity contribution in [2.24, 2.45) is 0 Å². The zero-order chi connectivity index (χ0) is 14.5. The van der Waals surface area contributed by atoms with Gasteiger partial charge in [0.2, 0.25) is 0 Å². The third kappa shape index (κ3) is 3.56. The molecule has 5 nitrogen and oxygen atoms in total. The summed E-state index contributed by atoms with van der Waals surface area (Å²) in [5, 5.41) is 7.83. The zero-order valence-corrected chi connectivity index (χ0v) is 11.9. The molecule has 110 valence electrons. The lowest BCUT2D eigenvalue weighted by Crippen LogP contribution is -2.34. The van der Waals surface area contributed by atoms with Gasteiger partial charge in [0.25, 0.3) is 5.56 Å². The van der Waals surface area contributed by atoms with Crippen molar-refractivity contribution in [2.75, 3.05) is 19.8 Å². The molecule has 0 aliphatic carbocycles. The number of nitrogens with zero attached hydrogens (tertiary/aromatic N) is 2. The quantitative estimate of drug-likeness (QED) is 0.899. The van der Waals surface area contributed by atoms with Crippen molar-refractivity contribution in [2.45, 2.75) is 19.0 Å². The van der Waals surface area contributed by atoms with Crippen LogP contribution in [0.25, 0.3) is 11.3 Å². The number of nitrogens with one attached hydrogen (secondary N) is 1. The fraction of sp³-hybridized carbons (Fsp3) is 0.375. The summed E-state index contributed by atoms with van der Waals surface area (Å²) in [6.07, 6.45) is 1.03. The molecule has 1 unspecified atom stereocenters. The molecule has 0 bridgehead atoms. The molecule has 3 rings (SSSR count). The third-order valence-electron chi connectivity index (χ3n) is 3.62. The fourth-order valence-corrected chi connectivity index (χ4v) is 2.44. The smallest absolute Gasteiger partial charge is 0.266 e. The molecule has 2 heterocycles. The van der Waals surface area contributed by atoms with Gasteiger partial charge in [0.15, 0.2) is 0 Å². The van der Waals surface area contributed by atoms with Crippen molar-refractivity contribution in [1.82, 2.24) is 15.1 Å². The second-order valence-corrected chi connectivity index (χ2v) is 5.16. The lowest BCUT2D eigenvalue weighted by Gasteiger charge is -2.11. The second-order valence-electron chi connectivity index (χ2n) is 5.16. The van der Waals surface area contributed by atoms with Gasteiger partial charge in [-0.3, -0.25) is 4.79 Å². The molecule has 2 aromatic rings. The lowest BCUT2D eigenvalue weighted by molar-refractivity contribution is 0.189. The van der Waals surface area contributed by atoms with Gasteiger partial charge in [-0.15, -0.1) is 0 Å². The van der Waals surface area contributed by atoms with Gasteiger partial charge in [-0.2, -0.15) is 5.10 Å². The maximum Gasteiger partial charge on any atom is 0.266 e. The molecule has 5 heteroatoms. The standard InChI is InChI=1S/C16H19N3O2/c20-16-7-6-15(13-4-2-1-3-5-13)18-19(16)10-9-17-14-8-11-21-12-14/h1-7,14,17H,8-12H2. The number of benzene rings is 1. The third-order valence-corrected chi connectivity index (χ3v) is 3.62. The predicted octanol–water partition coefficient (Wildman–Crippen LogP) is 1.29. The monoisotopic (exact) mass is 285 g/mol. The van der Waals surface area contributed by atoms with E-state index >= 15 is 0 Å². The average molecular weight is 285 g/mol. The highest BCUT2D eigenvalue weighted by molar-refractivity contribution is 5.57. The molecule has 1 aromatic carbocycles. The normalized spacial score (nSPS) is 18.0. The van der Waals surface area contributed by atoms with Gasteiger partial charge >= 0.3 is 0 Å². The van der Waals surface area contributed by atoms with Crippen LogP contribution in [0.15, 0.2) is 47.3 Å². The molecular formula is C16H19N3O2. The average Bonchev–Trinajstić information content (AvgIpc) is 3.03. The van der Waals surface area contributed by atoms with Crippen LogP contribution in [0.4, 0.5) is 0 Å². The minimum atomic E-state index is -0.0702. The molecule has 0 saturated carbocycles. The van der Waals surface area contributed by atoms with E-state index in [-0.39, 0.29) is 5.56 Å². The van der Waals surface area contributed by atoms with Crippen LogP contribution in [-0.2, 0) is 11.3 Å². The first kappa shape index (κ1) is 14.0. The summed E-state index contributed by atoms with van der Waals surface area (Å²) in [4.78, 5) is 11.9. The Balaban J connectivity index is 1.68. The van der Waals surface area contributed by atoms with E-state index in [9.17, 15) is 4.79 Å². The molecule has 0 amide bonds. The number of rotatable bonds is 5. The van der Waals surface area contributed by atoms with E-state index in [0.29, 0.717) is 12.6 Å². The van der Waals surface area contributed by atoms with Crippen LogP contribution < -0.4 is 10.9 Å². The summed E-state index contributed by atoms with van der Waals surface area (Å²) in [7, 11) is 0. The van der Waals surface area contributed by atoms with Gasteiger partial charge in [0.1, 0.15) is 0 Å². The first-order valence-corrected chi connectivity index (χ1v) is 7.28. The Morgan fingerprint density at radius 3 is 2.86 bits per heavy atom. The van der Waals surface area contributed by atoms with Crippen molar-refractivity contribution < 1.29 is 4.74 Å². The van der Waals surface area contributed by atoms with E-state index in [2.05, 4.69) is 10.4 Å². The van der Waals surface area contributed by atoms with Crippen molar-refractivity contribution in [1.29, 1.82) is 0 Å². The van der Waals surface area contributed by atoms with Crippen molar-refractivity contribution in [3.8, 4) is 11.3 Å². The highest BCUT2D eigenvalue weighted by atomic mass is 16.5. The molecule has 1 N–H and O–H groups in total. The van der Waals surface area contributed by atoms with Crippen LogP contribution in [0, 0.1) is 0 Å². The van der Waals surface area contributed by atoms with Crippen LogP contribution in [0.2, 0.25) is 0 Å². The van der Waals surface area contributed by atoms with Gasteiger partial charge in [0, 0.05) is 30.8 Å². The predicted molar refractivity (Wildman–Crippen MR) is 81.2 cm³/mol. The Morgan fingerprint density at radius 2 is 2.10 bits per heavy atom. The maximum absolute atomic E-state index is 11.9. The van der Waals surface area contributed by atoms with Gasteiger partial charge in [0.05, 0.1) is 18.8 Å². The highest BCUT2D eigenvalue weighted by Crippen LogP contribution is 2.13. The Labute approximate surface area is 123 Å². The van der Waals surface area contributed by atoms with E-state index < -0.39 is 0 Å². The molecule has 1 aromatic heterocycles. The van der Waals surface area contributed by atoms with Crippen LogP contribution in [-0.4, -0.2) is 35.6 Å². The van der Waals surface area contributed by atoms with E-state index in [0.717, 1.165) is 37.4 Å². The topological polar surface area (TPSA) is 56.2 Å². The van der Waals surface area contributed by atoms with Crippen LogP contribution in [0.3, 0.4) is 0 Å². The Bertz CT molecular complexity index is 633. The molecule has 0 spiro atoms. The lowest BCUT2D eigenvalue weighted by atomic mass is 10.1. The first-order valence-electron chi connectivity index (χ1n) is 7.28. The van der Waals surface area contributed by atoms with E-state index in [1.54, 1.807) is 12.1 Å². The molecule has 1 aliphatic heterocycles. The molecule has 1 saturated heterocycles. The summed E-state index contributed by atoms with van der Waals surface area (Å²) >= 11 is 0. The van der Waals surface area contributed by atoms with E-state index in [1.165, 1.54) is 4.68 Å². The SMILES string of the molecule is O=c1ccc(-c2ccccc2)nn1CCNC1CCOC1. The molecule has 0 radical (unpaired) electrons. The Hall–Kier alpha value is -1.98. The number of ether oxygens (including phenoxy) is 1. The first-order chi connectivity index (χ1) is 10.3. The van der Waals surface area contributed by atoms with Crippen LogP contribution in [0.5, 0.6) is 0 Å². The largest absolute Gasteiger partial charge is 0.380 e. The van der Waals surface area contributed by atoms with Crippen molar-refractivity contribution in [3.63, 3.8) is 0 Å². The van der Waals surface area contributed by atoms with Gasteiger partial charge in [-0.25, -0.2) is 4.68 Å². The molecule has 21 heavy (non-hydrogen) atoms. The zero-order valence-electron chi connectivity index (χ0n) is 11.9. The van der Waals surface area contributed by atoms with Crippen molar-refractivity contribution >= 4 is 0 Å². The minimum absolute atomic E-state index is 0.0702. The summed E-state index contributed by atoms with van der Waals surface area (Å²) < 4.78 is 6.83. The van der Waals surface area contributed by atoms with Crippen LogP contribution >= 0.6 is 0 Å². The second kappa shape index (κ2) is 6.65. The molecule has 1 aliphatic rings. The highest BCUT2D eigenvalue weighted by Gasteiger charge is 2.14. The summed E-state index contributed by atoms with van der Waals surface area (Å²) in [6.45, 7) is 2.86. The fourth-order valence-electron chi connectivity index (χ4n) is 2.44. The summed E-state index contributed by atoms with van der Waals surface area (Å²) in [5.74, 6) is 0. The molecular weight excluding hydrogens is 266 g/mol. The maximum atomic E-state index is 11.9. The van der Waals surface area contributed by atoms with Crippen molar-refractivity contribution in [3.05, 3.63) is 52.8 Å². The number of hydrogen-bond donors (Lipinski definition) is 1. The van der Waals surface area contributed by atoms with Gasteiger partial charge in [-0.1, -0.05) is 30.3 Å². The van der Waals surface area contributed by atoms with E-state index in [1.807, 2.05) is 30.3 Å². The van der Waals surface area contributed by atoms with Crippen LogP contribution in [0.1, 0.15) is 6.42 Å². The Morgan fingerprint density at radius 1 is 1.24 bits per heavy atom. The summed E-state index contributed by atoms with van der Waals surface area (Å²) in [5.41, 5.74) is 1.77. The Kier molecular flexibility index (Phi) is 4.43. The van der Waals surface area contributed by atoms with Gasteiger partial charge < -0.3 is 10.1 Å². The summed E-state index contributed by atoms with van der Waals surface area (Å²) in [6, 6.07) is 13.6. The number of aromatic nitrogens is 2.